The van der Waals surface area contributed by atoms with Gasteiger partial charge in [0, 0.05) is 25.3 Å². The molecule has 1 aliphatic heterocycles. The van der Waals surface area contributed by atoms with Crippen molar-refractivity contribution in [1.82, 2.24) is 19.9 Å². The highest BCUT2D eigenvalue weighted by atomic mass is 15.4. The van der Waals surface area contributed by atoms with Gasteiger partial charge in [0.15, 0.2) is 0 Å². The molecule has 1 unspecified atom stereocenters. The number of rotatable bonds is 2. The molecule has 17 heavy (non-hydrogen) atoms. The Kier molecular flexibility index (Phi) is 3.14. The summed E-state index contributed by atoms with van der Waals surface area (Å²) < 4.78 is 2.03. The smallest absolute Gasteiger partial charge is 0.0693 e. The van der Waals surface area contributed by atoms with E-state index in [1.165, 1.54) is 45.2 Å². The molecule has 0 radical (unpaired) electrons. The predicted molar refractivity (Wildman–Crippen MR) is 66.7 cm³/mol. The van der Waals surface area contributed by atoms with Crippen molar-refractivity contribution in [2.45, 2.75) is 51.1 Å². The maximum Gasteiger partial charge on any atom is 0.0693 e. The maximum atomic E-state index is 4.13. The number of hydrogen-bond donors (Lipinski definition) is 0. The minimum atomic E-state index is 0.553. The van der Waals surface area contributed by atoms with Crippen molar-refractivity contribution in [2.24, 2.45) is 5.92 Å². The Balaban J connectivity index is 1.57. The van der Waals surface area contributed by atoms with E-state index in [1.54, 1.807) is 6.20 Å². The van der Waals surface area contributed by atoms with Crippen LogP contribution in [0.3, 0.4) is 0 Å². The summed E-state index contributed by atoms with van der Waals surface area (Å²) in [6, 6.07) is 1.39. The van der Waals surface area contributed by atoms with Crippen molar-refractivity contribution in [3.05, 3.63) is 12.4 Å². The minimum Gasteiger partial charge on any atom is -0.298 e. The standard InChI is InChI=1S/C13H22N4/c1-11-2-4-12(5-3-11)16-8-6-13(10-16)17-9-7-14-15-17/h7,9,11-13H,2-6,8,10H2,1H3. The average molecular weight is 234 g/mol. The highest BCUT2D eigenvalue weighted by molar-refractivity contribution is 4.87. The van der Waals surface area contributed by atoms with Gasteiger partial charge in [-0.3, -0.25) is 4.90 Å². The first-order valence-corrected chi connectivity index (χ1v) is 6.93. The van der Waals surface area contributed by atoms with Gasteiger partial charge < -0.3 is 0 Å². The van der Waals surface area contributed by atoms with Crippen LogP contribution in [0.4, 0.5) is 0 Å². The number of nitrogens with zero attached hydrogens (tertiary/aromatic N) is 4. The molecule has 1 aliphatic carbocycles. The molecule has 4 heteroatoms. The van der Waals surface area contributed by atoms with E-state index in [4.69, 9.17) is 0 Å². The molecule has 1 atom stereocenters. The quantitative estimate of drug-likeness (QED) is 0.786. The fourth-order valence-corrected chi connectivity index (χ4v) is 3.34. The third kappa shape index (κ3) is 2.37. The summed E-state index contributed by atoms with van der Waals surface area (Å²) in [6.07, 6.45) is 10.6. The van der Waals surface area contributed by atoms with Gasteiger partial charge in [-0.1, -0.05) is 12.1 Å². The minimum absolute atomic E-state index is 0.553. The van der Waals surface area contributed by atoms with Gasteiger partial charge in [-0.05, 0) is 38.0 Å². The van der Waals surface area contributed by atoms with E-state index in [2.05, 4.69) is 22.1 Å². The molecule has 94 valence electrons. The van der Waals surface area contributed by atoms with E-state index in [0.29, 0.717) is 6.04 Å². The summed E-state index contributed by atoms with van der Waals surface area (Å²) >= 11 is 0. The van der Waals surface area contributed by atoms with Crippen LogP contribution in [0.15, 0.2) is 12.4 Å². The van der Waals surface area contributed by atoms with Crippen molar-refractivity contribution in [1.29, 1.82) is 0 Å². The summed E-state index contributed by atoms with van der Waals surface area (Å²) in [5.74, 6) is 0.944. The number of hydrogen-bond acceptors (Lipinski definition) is 3. The molecule has 3 rings (SSSR count). The maximum absolute atomic E-state index is 4.13. The monoisotopic (exact) mass is 234 g/mol. The SMILES string of the molecule is CC1CCC(N2CCC(n3ccnn3)C2)CC1. The summed E-state index contributed by atoms with van der Waals surface area (Å²) in [4.78, 5) is 2.68. The molecule has 2 heterocycles. The topological polar surface area (TPSA) is 34.0 Å². The van der Waals surface area contributed by atoms with Crippen LogP contribution in [-0.2, 0) is 0 Å². The van der Waals surface area contributed by atoms with Crippen molar-refractivity contribution in [2.75, 3.05) is 13.1 Å². The first kappa shape index (κ1) is 11.2. The molecule has 0 amide bonds. The highest BCUT2D eigenvalue weighted by Crippen LogP contribution is 2.31. The van der Waals surface area contributed by atoms with Gasteiger partial charge in [0.25, 0.3) is 0 Å². The van der Waals surface area contributed by atoms with Crippen LogP contribution in [-0.4, -0.2) is 39.0 Å². The van der Waals surface area contributed by atoms with Crippen LogP contribution < -0.4 is 0 Å². The zero-order chi connectivity index (χ0) is 11.7. The second-order valence-corrected chi connectivity index (χ2v) is 5.73. The van der Waals surface area contributed by atoms with Crippen molar-refractivity contribution in [3.8, 4) is 0 Å². The van der Waals surface area contributed by atoms with E-state index in [-0.39, 0.29) is 0 Å². The van der Waals surface area contributed by atoms with Crippen molar-refractivity contribution < 1.29 is 0 Å². The molecule has 1 aromatic rings. The Morgan fingerprint density at radius 2 is 1.88 bits per heavy atom. The molecular formula is C13H22N4. The Bertz CT molecular complexity index is 340. The first-order valence-electron chi connectivity index (χ1n) is 6.93. The van der Waals surface area contributed by atoms with Crippen molar-refractivity contribution in [3.63, 3.8) is 0 Å². The van der Waals surface area contributed by atoms with Crippen molar-refractivity contribution >= 4 is 0 Å². The van der Waals surface area contributed by atoms with Gasteiger partial charge in [0.05, 0.1) is 12.2 Å². The van der Waals surface area contributed by atoms with E-state index < -0.39 is 0 Å². The molecule has 4 nitrogen and oxygen atoms in total. The Hall–Kier alpha value is -0.900. The molecule has 2 aliphatic rings. The molecule has 2 fully saturated rings. The predicted octanol–water partition coefficient (Wildman–Crippen LogP) is 2.10. The lowest BCUT2D eigenvalue weighted by Crippen LogP contribution is -2.36. The third-order valence-electron chi connectivity index (χ3n) is 4.51. The van der Waals surface area contributed by atoms with E-state index >= 15 is 0 Å². The van der Waals surface area contributed by atoms with E-state index in [1.807, 2.05) is 10.9 Å². The van der Waals surface area contributed by atoms with E-state index in [0.717, 1.165) is 12.0 Å². The fourth-order valence-electron chi connectivity index (χ4n) is 3.34. The largest absolute Gasteiger partial charge is 0.298 e. The number of likely N-dealkylation sites (tertiary alicyclic amines) is 1. The molecule has 1 saturated heterocycles. The van der Waals surface area contributed by atoms with Gasteiger partial charge in [-0.2, -0.15) is 0 Å². The molecule has 0 bridgehead atoms. The fraction of sp³-hybridized carbons (Fsp3) is 0.846. The van der Waals surface area contributed by atoms with Crippen LogP contribution in [0.2, 0.25) is 0 Å². The summed E-state index contributed by atoms with van der Waals surface area (Å²) in [5.41, 5.74) is 0. The summed E-state index contributed by atoms with van der Waals surface area (Å²) in [6.45, 7) is 4.80. The lowest BCUT2D eigenvalue weighted by Gasteiger charge is -2.33. The number of aromatic nitrogens is 3. The van der Waals surface area contributed by atoms with Crippen LogP contribution in [0, 0.1) is 5.92 Å². The van der Waals surface area contributed by atoms with Crippen LogP contribution >= 0.6 is 0 Å². The Morgan fingerprint density at radius 3 is 2.59 bits per heavy atom. The van der Waals surface area contributed by atoms with Crippen LogP contribution in [0.25, 0.3) is 0 Å². The lowest BCUT2D eigenvalue weighted by molar-refractivity contribution is 0.164. The molecule has 0 spiro atoms. The molecule has 1 aromatic heterocycles. The van der Waals surface area contributed by atoms with Crippen LogP contribution in [0.5, 0.6) is 0 Å². The average Bonchev–Trinajstić information content (AvgIpc) is 3.00. The van der Waals surface area contributed by atoms with Gasteiger partial charge in [0.2, 0.25) is 0 Å². The van der Waals surface area contributed by atoms with Gasteiger partial charge in [0.1, 0.15) is 0 Å². The molecule has 0 aromatic carbocycles. The van der Waals surface area contributed by atoms with Gasteiger partial charge >= 0.3 is 0 Å². The van der Waals surface area contributed by atoms with E-state index in [9.17, 15) is 0 Å². The van der Waals surface area contributed by atoms with Gasteiger partial charge in [-0.25, -0.2) is 4.68 Å². The second-order valence-electron chi connectivity index (χ2n) is 5.73. The lowest BCUT2D eigenvalue weighted by atomic mass is 9.87. The normalized spacial score (nSPS) is 35.2. The Morgan fingerprint density at radius 1 is 1.06 bits per heavy atom. The first-order chi connectivity index (χ1) is 8.33. The molecule has 1 saturated carbocycles. The Labute approximate surface area is 103 Å². The molecular weight excluding hydrogens is 212 g/mol. The third-order valence-corrected chi connectivity index (χ3v) is 4.51. The second kappa shape index (κ2) is 4.77. The zero-order valence-corrected chi connectivity index (χ0v) is 10.6. The summed E-state index contributed by atoms with van der Waals surface area (Å²) in [5, 5.41) is 8.04. The summed E-state index contributed by atoms with van der Waals surface area (Å²) in [7, 11) is 0. The van der Waals surface area contributed by atoms with Crippen LogP contribution in [0.1, 0.15) is 45.1 Å². The molecule has 0 N–H and O–H groups in total. The highest BCUT2D eigenvalue weighted by Gasteiger charge is 2.31. The zero-order valence-electron chi connectivity index (χ0n) is 10.6. The van der Waals surface area contributed by atoms with Gasteiger partial charge in [-0.15, -0.1) is 5.10 Å².